The molecule has 3 rings (SSSR count). The van der Waals surface area contributed by atoms with Crippen molar-refractivity contribution in [2.45, 2.75) is 51.6 Å². The highest BCUT2D eigenvalue weighted by Gasteiger charge is 2.24. The van der Waals surface area contributed by atoms with E-state index in [2.05, 4.69) is 34.0 Å². The van der Waals surface area contributed by atoms with Crippen molar-refractivity contribution in [3.05, 3.63) is 18.0 Å². The van der Waals surface area contributed by atoms with Crippen molar-refractivity contribution in [3.8, 4) is 0 Å². The van der Waals surface area contributed by atoms with Gasteiger partial charge in [-0.2, -0.15) is 0 Å². The Morgan fingerprint density at radius 3 is 3.00 bits per heavy atom. The molecule has 1 saturated heterocycles. The monoisotopic (exact) mass is 348 g/mol. The van der Waals surface area contributed by atoms with Gasteiger partial charge in [-0.1, -0.05) is 25.2 Å². The van der Waals surface area contributed by atoms with Gasteiger partial charge in [0.05, 0.1) is 10.2 Å². The fraction of sp³-hybridized carbons (Fsp3) is 0.588. The lowest BCUT2D eigenvalue weighted by Crippen LogP contribution is -2.49. The number of nitrogens with one attached hydrogen (secondary N) is 1. The van der Waals surface area contributed by atoms with Crippen LogP contribution in [0.1, 0.15) is 50.0 Å². The van der Waals surface area contributed by atoms with Crippen molar-refractivity contribution < 1.29 is 9.90 Å². The molecule has 0 aliphatic carbocycles. The summed E-state index contributed by atoms with van der Waals surface area (Å²) in [5.74, 6) is -0.997. The normalized spacial score (nSPS) is 18.5. The predicted octanol–water partition coefficient (Wildman–Crippen LogP) is 3.14. The smallest absolute Gasteiger partial charge is 0.356 e. The summed E-state index contributed by atoms with van der Waals surface area (Å²) < 4.78 is 0.662. The van der Waals surface area contributed by atoms with Gasteiger partial charge < -0.3 is 15.3 Å². The zero-order chi connectivity index (χ0) is 17.1. The standard InChI is InChI=1S/C17H24N4O2S/c1-3-11(4-2)19-12-6-5-9-21(10-12)17-20-13-7-8-18-14(16(22)23)15(13)24-17/h7-8,11-12,19H,3-6,9-10H2,1-2H3,(H,22,23)/t12-/m1/s1. The molecule has 130 valence electrons. The highest BCUT2D eigenvalue weighted by molar-refractivity contribution is 7.22. The van der Waals surface area contributed by atoms with Gasteiger partial charge in [-0.15, -0.1) is 0 Å². The highest BCUT2D eigenvalue weighted by atomic mass is 32.1. The summed E-state index contributed by atoms with van der Waals surface area (Å²) in [4.78, 5) is 22.2. The van der Waals surface area contributed by atoms with Crippen LogP contribution in [-0.4, -0.2) is 46.2 Å². The van der Waals surface area contributed by atoms with Crippen LogP contribution in [0.2, 0.25) is 0 Å². The van der Waals surface area contributed by atoms with E-state index in [0.717, 1.165) is 43.0 Å². The Morgan fingerprint density at radius 1 is 1.50 bits per heavy atom. The molecule has 0 amide bonds. The van der Waals surface area contributed by atoms with E-state index >= 15 is 0 Å². The number of thiazole rings is 1. The van der Waals surface area contributed by atoms with Crippen LogP contribution in [0.25, 0.3) is 10.2 Å². The third-order valence-electron chi connectivity index (χ3n) is 4.64. The van der Waals surface area contributed by atoms with Crippen molar-refractivity contribution >= 4 is 32.7 Å². The van der Waals surface area contributed by atoms with Gasteiger partial charge in [-0.3, -0.25) is 0 Å². The van der Waals surface area contributed by atoms with E-state index in [4.69, 9.17) is 0 Å². The van der Waals surface area contributed by atoms with E-state index in [1.54, 1.807) is 6.07 Å². The van der Waals surface area contributed by atoms with Gasteiger partial charge >= 0.3 is 5.97 Å². The van der Waals surface area contributed by atoms with Gasteiger partial charge in [0.2, 0.25) is 0 Å². The number of aromatic carboxylic acids is 1. The Kier molecular flexibility index (Phi) is 5.30. The third kappa shape index (κ3) is 3.52. The molecule has 0 radical (unpaired) electrons. The van der Waals surface area contributed by atoms with Gasteiger partial charge in [0.25, 0.3) is 0 Å². The molecule has 1 fully saturated rings. The summed E-state index contributed by atoms with van der Waals surface area (Å²) in [5, 5.41) is 13.9. The molecular weight excluding hydrogens is 324 g/mol. The van der Waals surface area contributed by atoms with Gasteiger partial charge in [0, 0.05) is 31.4 Å². The van der Waals surface area contributed by atoms with E-state index in [9.17, 15) is 9.90 Å². The summed E-state index contributed by atoms with van der Waals surface area (Å²) in [6.45, 7) is 6.33. The lowest BCUT2D eigenvalue weighted by molar-refractivity contribution is 0.0693. The number of aromatic nitrogens is 2. The second kappa shape index (κ2) is 7.44. The lowest BCUT2D eigenvalue weighted by Gasteiger charge is -2.35. The zero-order valence-electron chi connectivity index (χ0n) is 14.2. The van der Waals surface area contributed by atoms with E-state index in [0.29, 0.717) is 16.8 Å². The maximum atomic E-state index is 11.3. The van der Waals surface area contributed by atoms with Crippen LogP contribution in [0.3, 0.4) is 0 Å². The summed E-state index contributed by atoms with van der Waals surface area (Å²) in [6, 6.07) is 2.81. The Hall–Kier alpha value is -1.73. The first kappa shape index (κ1) is 17.1. The Morgan fingerprint density at radius 2 is 2.29 bits per heavy atom. The van der Waals surface area contributed by atoms with Gasteiger partial charge in [0.1, 0.15) is 0 Å². The Labute approximate surface area is 145 Å². The number of hydrogen-bond donors (Lipinski definition) is 2. The van der Waals surface area contributed by atoms with E-state index in [-0.39, 0.29) is 5.69 Å². The Balaban J connectivity index is 1.79. The van der Waals surface area contributed by atoms with E-state index in [1.807, 2.05) is 0 Å². The molecule has 7 heteroatoms. The number of rotatable bonds is 6. The first-order chi connectivity index (χ1) is 11.6. The first-order valence-corrected chi connectivity index (χ1v) is 9.43. The molecule has 6 nitrogen and oxygen atoms in total. The average molecular weight is 348 g/mol. The maximum Gasteiger partial charge on any atom is 0.356 e. The average Bonchev–Trinajstić information content (AvgIpc) is 3.04. The zero-order valence-corrected chi connectivity index (χ0v) is 15.0. The molecule has 0 saturated carbocycles. The molecule has 2 aromatic heterocycles. The second-order valence-corrected chi connectivity index (χ2v) is 7.25. The van der Waals surface area contributed by atoms with Crippen molar-refractivity contribution in [2.75, 3.05) is 18.0 Å². The van der Waals surface area contributed by atoms with E-state index in [1.165, 1.54) is 24.0 Å². The molecule has 1 aliphatic heterocycles. The van der Waals surface area contributed by atoms with Gasteiger partial charge in [-0.25, -0.2) is 14.8 Å². The lowest BCUT2D eigenvalue weighted by atomic mass is 10.0. The Bertz CT molecular complexity index is 714. The topological polar surface area (TPSA) is 78.3 Å². The summed E-state index contributed by atoms with van der Waals surface area (Å²) in [6.07, 6.45) is 6.10. The fourth-order valence-electron chi connectivity index (χ4n) is 3.28. The number of pyridine rings is 1. The molecule has 1 atom stereocenters. The van der Waals surface area contributed by atoms with Crippen LogP contribution < -0.4 is 10.2 Å². The number of carbonyl (C=O) groups is 1. The van der Waals surface area contributed by atoms with Crippen LogP contribution in [-0.2, 0) is 0 Å². The van der Waals surface area contributed by atoms with Crippen molar-refractivity contribution in [3.63, 3.8) is 0 Å². The molecule has 0 unspecified atom stereocenters. The van der Waals surface area contributed by atoms with Crippen molar-refractivity contribution in [1.82, 2.24) is 15.3 Å². The molecule has 0 aromatic carbocycles. The number of hydrogen-bond acceptors (Lipinski definition) is 6. The molecule has 24 heavy (non-hydrogen) atoms. The minimum Gasteiger partial charge on any atom is -0.476 e. The highest BCUT2D eigenvalue weighted by Crippen LogP contribution is 2.32. The number of nitrogens with zero attached hydrogens (tertiary/aromatic N) is 3. The first-order valence-electron chi connectivity index (χ1n) is 8.62. The molecule has 2 N–H and O–H groups in total. The SMILES string of the molecule is CCC(CC)N[C@@H]1CCCN(c2nc3ccnc(C(=O)O)c3s2)C1. The molecule has 1 aliphatic rings. The van der Waals surface area contributed by atoms with Crippen LogP contribution in [0.15, 0.2) is 12.3 Å². The molecule has 0 spiro atoms. The van der Waals surface area contributed by atoms with Gasteiger partial charge in [-0.05, 0) is 31.7 Å². The minimum absolute atomic E-state index is 0.0972. The quantitative estimate of drug-likeness (QED) is 0.835. The number of piperidine rings is 1. The predicted molar refractivity (Wildman–Crippen MR) is 97.1 cm³/mol. The second-order valence-electron chi connectivity index (χ2n) is 6.27. The maximum absolute atomic E-state index is 11.3. The molecular formula is C17H24N4O2S. The molecule has 0 bridgehead atoms. The third-order valence-corrected chi connectivity index (χ3v) is 5.78. The van der Waals surface area contributed by atoms with Crippen molar-refractivity contribution in [2.24, 2.45) is 0 Å². The molecule has 3 heterocycles. The summed E-state index contributed by atoms with van der Waals surface area (Å²) in [7, 11) is 0. The number of anilines is 1. The summed E-state index contributed by atoms with van der Waals surface area (Å²) >= 11 is 1.43. The van der Waals surface area contributed by atoms with Crippen molar-refractivity contribution in [1.29, 1.82) is 0 Å². The van der Waals surface area contributed by atoms with Crippen LogP contribution >= 0.6 is 11.3 Å². The fourth-order valence-corrected chi connectivity index (χ4v) is 4.35. The minimum atomic E-state index is -0.997. The number of fused-ring (bicyclic) bond motifs is 1. The molecule has 2 aromatic rings. The number of carboxylic acid groups (broad SMARTS) is 1. The van der Waals surface area contributed by atoms with Gasteiger partial charge in [0.15, 0.2) is 10.8 Å². The largest absolute Gasteiger partial charge is 0.476 e. The summed E-state index contributed by atoms with van der Waals surface area (Å²) in [5.41, 5.74) is 0.817. The van der Waals surface area contributed by atoms with Crippen LogP contribution in [0.4, 0.5) is 5.13 Å². The van der Waals surface area contributed by atoms with Crippen LogP contribution in [0, 0.1) is 0 Å². The van der Waals surface area contributed by atoms with E-state index < -0.39 is 5.97 Å². The number of carboxylic acids is 1. The van der Waals surface area contributed by atoms with Crippen LogP contribution in [0.5, 0.6) is 0 Å².